The maximum absolute atomic E-state index is 12.6. The number of benzene rings is 2. The summed E-state index contributed by atoms with van der Waals surface area (Å²) in [6.45, 7) is 3.24. The normalized spacial score (nSPS) is 17.9. The van der Waals surface area contributed by atoms with E-state index in [1.807, 2.05) is 37.3 Å². The van der Waals surface area contributed by atoms with E-state index >= 15 is 0 Å². The van der Waals surface area contributed by atoms with E-state index in [4.69, 9.17) is 16.6 Å². The minimum Gasteiger partial charge on any atom is -0.324 e. The van der Waals surface area contributed by atoms with Gasteiger partial charge in [0, 0.05) is 0 Å². The number of amides is 1. The molecule has 4 rings (SSSR count). The van der Waals surface area contributed by atoms with Gasteiger partial charge in [0.25, 0.3) is 0 Å². The smallest absolute Gasteiger partial charge is 0.238 e. The molecule has 1 N–H and O–H groups in total. The summed E-state index contributed by atoms with van der Waals surface area (Å²) in [4.78, 5) is 19.7. The van der Waals surface area contributed by atoms with E-state index in [1.165, 1.54) is 11.1 Å². The van der Waals surface area contributed by atoms with Crippen LogP contribution < -0.4 is 5.32 Å². The second kappa shape index (κ2) is 7.97. The molecule has 0 spiro atoms. The molecule has 0 unspecified atom stereocenters. The first-order valence-electron chi connectivity index (χ1n) is 9.26. The molecule has 2 heterocycles. The van der Waals surface area contributed by atoms with Gasteiger partial charge in [-0.25, -0.2) is 4.98 Å². The molecule has 0 radical (unpaired) electrons. The van der Waals surface area contributed by atoms with Gasteiger partial charge in [-0.3, -0.25) is 9.69 Å². The summed E-state index contributed by atoms with van der Waals surface area (Å²) in [7, 11) is 0. The maximum Gasteiger partial charge on any atom is 0.238 e. The number of aromatic nitrogens is 1. The minimum atomic E-state index is -0.0336. The predicted octanol–water partition coefficient (Wildman–Crippen LogP) is 5.42. The molecule has 1 fully saturated rings. The van der Waals surface area contributed by atoms with Gasteiger partial charge in [-0.1, -0.05) is 36.2 Å². The second-order valence-electron chi connectivity index (χ2n) is 7.03. The third-order valence-electron chi connectivity index (χ3n) is 4.95. The molecule has 0 aliphatic carbocycles. The number of aryl methyl sites for hydroxylation is 1. The molecular weight excluding hydrogens is 378 g/mol. The molecule has 1 atom stereocenters. The molecule has 2 aromatic carbocycles. The van der Waals surface area contributed by atoms with Crippen LogP contribution in [0.25, 0.3) is 10.2 Å². The molecular formula is C21H22ClN3OS. The monoisotopic (exact) mass is 399 g/mol. The van der Waals surface area contributed by atoms with Crippen LogP contribution in [0.1, 0.15) is 35.9 Å². The van der Waals surface area contributed by atoms with Crippen LogP contribution in [0.2, 0.25) is 5.02 Å². The minimum absolute atomic E-state index is 0.0336. The summed E-state index contributed by atoms with van der Waals surface area (Å²) >= 11 is 7.99. The van der Waals surface area contributed by atoms with Crippen LogP contribution in [0.15, 0.2) is 42.5 Å². The zero-order valence-electron chi connectivity index (χ0n) is 15.2. The number of nitrogens with one attached hydrogen (secondary N) is 1. The van der Waals surface area contributed by atoms with E-state index < -0.39 is 0 Å². The number of anilines is 1. The highest BCUT2D eigenvalue weighted by Gasteiger charge is 2.28. The number of likely N-dealkylation sites (tertiary alicyclic amines) is 1. The molecule has 27 heavy (non-hydrogen) atoms. The maximum atomic E-state index is 12.6. The van der Waals surface area contributed by atoms with Gasteiger partial charge in [-0.15, -0.1) is 11.3 Å². The number of hydrogen-bond donors (Lipinski definition) is 1. The van der Waals surface area contributed by atoms with Gasteiger partial charge in [0.05, 0.1) is 33.5 Å². The molecule has 140 valence electrons. The molecule has 3 aromatic rings. The Hall–Kier alpha value is -1.95. The van der Waals surface area contributed by atoms with Gasteiger partial charge in [0.1, 0.15) is 5.01 Å². The van der Waals surface area contributed by atoms with Crippen molar-refractivity contribution in [3.8, 4) is 0 Å². The zero-order valence-corrected chi connectivity index (χ0v) is 16.8. The number of carbonyl (C=O) groups excluding carboxylic acids is 1. The molecule has 6 heteroatoms. The molecule has 1 amide bonds. The number of nitrogens with zero attached hydrogens (tertiary/aromatic N) is 2. The molecule has 4 nitrogen and oxygen atoms in total. The zero-order chi connectivity index (χ0) is 18.8. The Bertz CT molecular complexity index is 938. The van der Waals surface area contributed by atoms with E-state index in [1.54, 1.807) is 11.3 Å². The average Bonchev–Trinajstić information content (AvgIpc) is 3.08. The van der Waals surface area contributed by atoms with Crippen molar-refractivity contribution in [1.82, 2.24) is 9.88 Å². The van der Waals surface area contributed by atoms with Crippen LogP contribution in [0, 0.1) is 6.92 Å². The predicted molar refractivity (Wildman–Crippen MR) is 113 cm³/mol. The quantitative estimate of drug-likeness (QED) is 0.636. The lowest BCUT2D eigenvalue weighted by Gasteiger charge is -2.33. The van der Waals surface area contributed by atoms with E-state index in [0.29, 0.717) is 17.3 Å². The van der Waals surface area contributed by atoms with E-state index in [2.05, 4.69) is 22.3 Å². The number of thiazole rings is 1. The summed E-state index contributed by atoms with van der Waals surface area (Å²) in [5.41, 5.74) is 2.78. The van der Waals surface area contributed by atoms with Crippen molar-refractivity contribution in [3.05, 3.63) is 58.1 Å². The SMILES string of the molecule is Cc1ccc(NC(=O)CN2CCCC[C@@H]2c2nc3ccccc3s2)c(Cl)c1. The molecule has 0 bridgehead atoms. The number of piperidine rings is 1. The molecule has 1 aliphatic heterocycles. The summed E-state index contributed by atoms with van der Waals surface area (Å²) in [5.74, 6) is -0.0336. The van der Waals surface area contributed by atoms with E-state index in [-0.39, 0.29) is 11.9 Å². The first-order valence-corrected chi connectivity index (χ1v) is 10.4. The molecule has 1 aromatic heterocycles. The van der Waals surface area contributed by atoms with Crippen molar-refractivity contribution in [2.45, 2.75) is 32.2 Å². The van der Waals surface area contributed by atoms with Crippen molar-refractivity contribution in [2.24, 2.45) is 0 Å². The number of para-hydroxylation sites is 1. The number of carbonyl (C=O) groups is 1. The number of halogens is 1. The van der Waals surface area contributed by atoms with Gasteiger partial charge in [0.15, 0.2) is 0 Å². The van der Waals surface area contributed by atoms with Crippen molar-refractivity contribution in [3.63, 3.8) is 0 Å². The van der Waals surface area contributed by atoms with Crippen LogP contribution >= 0.6 is 22.9 Å². The first-order chi connectivity index (χ1) is 13.1. The highest BCUT2D eigenvalue weighted by atomic mass is 35.5. The average molecular weight is 400 g/mol. The number of rotatable bonds is 4. The standard InChI is InChI=1S/C21H22ClN3OS/c1-14-9-10-16(15(22)12-14)23-20(26)13-25-11-5-4-7-18(25)21-24-17-6-2-3-8-19(17)27-21/h2-3,6,8-10,12,18H,4-5,7,11,13H2,1H3,(H,23,26)/t18-/m1/s1. The van der Waals surface area contributed by atoms with Gasteiger partial charge in [0.2, 0.25) is 5.91 Å². The van der Waals surface area contributed by atoms with Gasteiger partial charge >= 0.3 is 0 Å². The van der Waals surface area contributed by atoms with Gasteiger partial charge in [-0.05, 0) is 56.1 Å². The first kappa shape index (κ1) is 18.4. The van der Waals surface area contributed by atoms with Gasteiger partial charge < -0.3 is 5.32 Å². The third-order valence-corrected chi connectivity index (χ3v) is 6.40. The summed E-state index contributed by atoms with van der Waals surface area (Å²) < 4.78 is 1.20. The molecule has 1 aliphatic rings. The fourth-order valence-electron chi connectivity index (χ4n) is 3.59. The van der Waals surface area contributed by atoms with Crippen LogP contribution in [-0.4, -0.2) is 28.9 Å². The van der Waals surface area contributed by atoms with Crippen LogP contribution in [0.5, 0.6) is 0 Å². The van der Waals surface area contributed by atoms with Crippen molar-refractivity contribution in [2.75, 3.05) is 18.4 Å². The van der Waals surface area contributed by atoms with Crippen molar-refractivity contribution >= 4 is 44.7 Å². The lowest BCUT2D eigenvalue weighted by Crippen LogP contribution is -2.39. The Morgan fingerprint density at radius 1 is 1.30 bits per heavy atom. The fraction of sp³-hybridized carbons (Fsp3) is 0.333. The summed E-state index contributed by atoms with van der Waals surface area (Å²) in [6, 6.07) is 14.1. The Kier molecular flexibility index (Phi) is 5.43. The molecule has 1 saturated heterocycles. The topological polar surface area (TPSA) is 45.2 Å². The van der Waals surface area contributed by atoms with E-state index in [9.17, 15) is 4.79 Å². The highest BCUT2D eigenvalue weighted by molar-refractivity contribution is 7.18. The fourth-order valence-corrected chi connectivity index (χ4v) is 5.01. The highest BCUT2D eigenvalue weighted by Crippen LogP contribution is 2.35. The Labute approximate surface area is 168 Å². The van der Waals surface area contributed by atoms with Crippen molar-refractivity contribution in [1.29, 1.82) is 0 Å². The summed E-state index contributed by atoms with van der Waals surface area (Å²) in [6.07, 6.45) is 3.32. The van der Waals surface area contributed by atoms with Gasteiger partial charge in [-0.2, -0.15) is 0 Å². The second-order valence-corrected chi connectivity index (χ2v) is 8.50. The Morgan fingerprint density at radius 2 is 2.15 bits per heavy atom. The van der Waals surface area contributed by atoms with Crippen LogP contribution in [0.3, 0.4) is 0 Å². The Morgan fingerprint density at radius 3 is 2.96 bits per heavy atom. The number of hydrogen-bond acceptors (Lipinski definition) is 4. The van der Waals surface area contributed by atoms with Crippen LogP contribution in [0.4, 0.5) is 5.69 Å². The van der Waals surface area contributed by atoms with Crippen molar-refractivity contribution < 1.29 is 4.79 Å². The third kappa shape index (κ3) is 4.15. The molecule has 0 saturated carbocycles. The lowest BCUT2D eigenvalue weighted by molar-refractivity contribution is -0.118. The summed E-state index contributed by atoms with van der Waals surface area (Å²) in [5, 5.41) is 4.64. The lowest BCUT2D eigenvalue weighted by atomic mass is 10.0. The van der Waals surface area contributed by atoms with E-state index in [0.717, 1.165) is 35.5 Å². The van der Waals surface area contributed by atoms with Crippen LogP contribution in [-0.2, 0) is 4.79 Å². The Balaban J connectivity index is 1.49. The number of fused-ring (bicyclic) bond motifs is 1. The largest absolute Gasteiger partial charge is 0.324 e.